The molecule has 5 nitrogen and oxygen atoms in total. The minimum Gasteiger partial charge on any atom is -0.383 e. The Labute approximate surface area is 117 Å². The number of nitrogens with zero attached hydrogens (tertiary/aromatic N) is 3. The predicted molar refractivity (Wildman–Crippen MR) is 78.8 cm³/mol. The minimum absolute atomic E-state index is 0.650. The molecule has 0 saturated carbocycles. The lowest BCUT2D eigenvalue weighted by Gasteiger charge is -2.05. The van der Waals surface area contributed by atoms with Crippen molar-refractivity contribution >= 4 is 11.5 Å². The Morgan fingerprint density at radius 1 is 1.20 bits per heavy atom. The van der Waals surface area contributed by atoms with E-state index in [9.17, 15) is 0 Å². The van der Waals surface area contributed by atoms with Gasteiger partial charge in [-0.15, -0.1) is 0 Å². The van der Waals surface area contributed by atoms with E-state index in [2.05, 4.69) is 27.5 Å². The number of aromatic nitrogens is 3. The first kappa shape index (κ1) is 12.6. The average Bonchev–Trinajstić information content (AvgIpc) is 2.91. The highest BCUT2D eigenvalue weighted by molar-refractivity contribution is 5.77. The molecule has 0 fully saturated rings. The third kappa shape index (κ3) is 2.48. The van der Waals surface area contributed by atoms with Gasteiger partial charge in [-0.3, -0.25) is 0 Å². The quantitative estimate of drug-likeness (QED) is 0.722. The molecule has 0 aliphatic carbocycles. The highest BCUT2D eigenvalue weighted by atomic mass is 16.5. The molecule has 0 unspecified atom stereocenters. The average molecular weight is 268 g/mol. The summed E-state index contributed by atoms with van der Waals surface area (Å²) >= 11 is 0. The van der Waals surface area contributed by atoms with Crippen LogP contribution < -0.4 is 5.32 Å². The van der Waals surface area contributed by atoms with Crippen molar-refractivity contribution in [3.05, 3.63) is 48.8 Å². The molecule has 2 aromatic heterocycles. The number of rotatable bonds is 5. The van der Waals surface area contributed by atoms with Crippen LogP contribution in [0.5, 0.6) is 0 Å². The first-order valence-corrected chi connectivity index (χ1v) is 6.51. The Balaban J connectivity index is 1.96. The van der Waals surface area contributed by atoms with Crippen molar-refractivity contribution in [2.75, 3.05) is 25.6 Å². The van der Waals surface area contributed by atoms with Gasteiger partial charge in [-0.05, 0) is 11.6 Å². The zero-order chi connectivity index (χ0) is 13.8. The molecule has 0 aliphatic rings. The molecule has 5 heteroatoms. The van der Waals surface area contributed by atoms with Gasteiger partial charge < -0.3 is 10.1 Å². The monoisotopic (exact) mass is 268 g/mol. The van der Waals surface area contributed by atoms with Gasteiger partial charge in [0.15, 0.2) is 5.65 Å². The summed E-state index contributed by atoms with van der Waals surface area (Å²) in [5, 5.41) is 7.56. The number of methoxy groups -OCH3 is 1. The molecular weight excluding hydrogens is 252 g/mol. The zero-order valence-corrected chi connectivity index (χ0v) is 11.3. The fourth-order valence-corrected chi connectivity index (χ4v) is 2.07. The second-order valence-electron chi connectivity index (χ2n) is 4.42. The second-order valence-corrected chi connectivity index (χ2v) is 4.42. The van der Waals surface area contributed by atoms with Crippen LogP contribution in [0, 0.1) is 0 Å². The van der Waals surface area contributed by atoms with E-state index in [1.807, 2.05) is 36.7 Å². The van der Waals surface area contributed by atoms with Gasteiger partial charge in [-0.25, -0.2) is 9.50 Å². The summed E-state index contributed by atoms with van der Waals surface area (Å²) in [5.74, 6) is 0.826. The van der Waals surface area contributed by atoms with E-state index in [0.717, 1.165) is 29.1 Å². The molecule has 0 radical (unpaired) electrons. The van der Waals surface area contributed by atoms with Gasteiger partial charge >= 0.3 is 0 Å². The van der Waals surface area contributed by atoms with E-state index >= 15 is 0 Å². The molecule has 3 aromatic rings. The standard InChI is InChI=1S/C15H16N4O/c1-20-10-8-16-14-7-9-19-15(18-14)13(11-17-19)12-5-3-2-4-6-12/h2-7,9,11H,8,10H2,1H3,(H,16,18). The van der Waals surface area contributed by atoms with Crippen LogP contribution >= 0.6 is 0 Å². The summed E-state index contributed by atoms with van der Waals surface area (Å²) in [4.78, 5) is 4.62. The molecule has 0 aliphatic heterocycles. The molecule has 1 aromatic carbocycles. The van der Waals surface area contributed by atoms with Crippen LogP contribution in [0.1, 0.15) is 0 Å². The first-order valence-electron chi connectivity index (χ1n) is 6.51. The Bertz CT molecular complexity index is 693. The van der Waals surface area contributed by atoms with Gasteiger partial charge in [-0.1, -0.05) is 30.3 Å². The lowest BCUT2D eigenvalue weighted by atomic mass is 10.1. The Morgan fingerprint density at radius 3 is 2.85 bits per heavy atom. The number of hydrogen-bond acceptors (Lipinski definition) is 4. The number of benzene rings is 1. The largest absolute Gasteiger partial charge is 0.383 e. The molecule has 0 atom stereocenters. The lowest BCUT2D eigenvalue weighted by molar-refractivity contribution is 0.210. The summed E-state index contributed by atoms with van der Waals surface area (Å²) in [5.41, 5.74) is 2.99. The van der Waals surface area contributed by atoms with Crippen LogP contribution in [0.2, 0.25) is 0 Å². The van der Waals surface area contributed by atoms with Gasteiger partial charge in [0.2, 0.25) is 0 Å². The van der Waals surface area contributed by atoms with Crippen molar-refractivity contribution in [3.8, 4) is 11.1 Å². The van der Waals surface area contributed by atoms with Crippen LogP contribution in [-0.4, -0.2) is 34.9 Å². The molecule has 102 valence electrons. The van der Waals surface area contributed by atoms with Crippen molar-refractivity contribution in [1.82, 2.24) is 14.6 Å². The summed E-state index contributed by atoms with van der Waals surface area (Å²) in [6.07, 6.45) is 3.75. The molecule has 1 N–H and O–H groups in total. The van der Waals surface area contributed by atoms with E-state index in [1.165, 1.54) is 0 Å². The van der Waals surface area contributed by atoms with E-state index < -0.39 is 0 Å². The summed E-state index contributed by atoms with van der Waals surface area (Å²) < 4.78 is 6.80. The lowest BCUT2D eigenvalue weighted by Crippen LogP contribution is -2.09. The summed E-state index contributed by atoms with van der Waals surface area (Å²) in [6, 6.07) is 12.1. The fourth-order valence-electron chi connectivity index (χ4n) is 2.07. The normalized spacial score (nSPS) is 10.8. The highest BCUT2D eigenvalue weighted by Gasteiger charge is 2.08. The Morgan fingerprint density at radius 2 is 2.05 bits per heavy atom. The molecule has 2 heterocycles. The van der Waals surface area contributed by atoms with Crippen molar-refractivity contribution < 1.29 is 4.74 Å². The molecule has 20 heavy (non-hydrogen) atoms. The number of anilines is 1. The van der Waals surface area contributed by atoms with Gasteiger partial charge in [0.25, 0.3) is 0 Å². The maximum Gasteiger partial charge on any atom is 0.165 e. The van der Waals surface area contributed by atoms with Gasteiger partial charge in [0, 0.05) is 25.4 Å². The molecule has 0 bridgehead atoms. The second kappa shape index (κ2) is 5.71. The summed E-state index contributed by atoms with van der Waals surface area (Å²) in [6.45, 7) is 1.38. The molecule has 3 rings (SSSR count). The Hall–Kier alpha value is -2.40. The van der Waals surface area contributed by atoms with Crippen molar-refractivity contribution in [2.24, 2.45) is 0 Å². The van der Waals surface area contributed by atoms with Crippen molar-refractivity contribution in [2.45, 2.75) is 0 Å². The Kier molecular flexibility index (Phi) is 3.60. The van der Waals surface area contributed by atoms with E-state index in [4.69, 9.17) is 4.74 Å². The minimum atomic E-state index is 0.650. The van der Waals surface area contributed by atoms with Crippen molar-refractivity contribution in [3.63, 3.8) is 0 Å². The number of nitrogens with one attached hydrogen (secondary N) is 1. The number of hydrogen-bond donors (Lipinski definition) is 1. The molecular formula is C15H16N4O. The summed E-state index contributed by atoms with van der Waals surface area (Å²) in [7, 11) is 1.68. The topological polar surface area (TPSA) is 51.5 Å². The molecule has 0 amide bonds. The van der Waals surface area contributed by atoms with Crippen LogP contribution in [0.3, 0.4) is 0 Å². The van der Waals surface area contributed by atoms with E-state index in [0.29, 0.717) is 6.61 Å². The van der Waals surface area contributed by atoms with Crippen LogP contribution in [0.4, 0.5) is 5.82 Å². The van der Waals surface area contributed by atoms with E-state index in [-0.39, 0.29) is 0 Å². The van der Waals surface area contributed by atoms with Gasteiger partial charge in [0.05, 0.1) is 12.8 Å². The smallest absolute Gasteiger partial charge is 0.165 e. The maximum atomic E-state index is 5.02. The maximum absolute atomic E-state index is 5.02. The van der Waals surface area contributed by atoms with Gasteiger partial charge in [0.1, 0.15) is 5.82 Å². The predicted octanol–water partition coefficient (Wildman–Crippen LogP) is 2.45. The third-order valence-electron chi connectivity index (χ3n) is 3.07. The SMILES string of the molecule is COCCNc1ccn2ncc(-c3ccccc3)c2n1. The zero-order valence-electron chi connectivity index (χ0n) is 11.3. The first-order chi connectivity index (χ1) is 9.88. The van der Waals surface area contributed by atoms with Crippen LogP contribution in [0.25, 0.3) is 16.8 Å². The van der Waals surface area contributed by atoms with Crippen molar-refractivity contribution in [1.29, 1.82) is 0 Å². The fraction of sp³-hybridized carbons (Fsp3) is 0.200. The molecule has 0 spiro atoms. The number of ether oxygens (including phenoxy) is 1. The van der Waals surface area contributed by atoms with Crippen LogP contribution in [-0.2, 0) is 4.74 Å². The molecule has 0 saturated heterocycles. The number of fused-ring (bicyclic) bond motifs is 1. The van der Waals surface area contributed by atoms with Gasteiger partial charge in [-0.2, -0.15) is 5.10 Å². The van der Waals surface area contributed by atoms with Crippen LogP contribution in [0.15, 0.2) is 48.8 Å². The highest BCUT2D eigenvalue weighted by Crippen LogP contribution is 2.23. The van der Waals surface area contributed by atoms with E-state index in [1.54, 1.807) is 11.6 Å². The third-order valence-corrected chi connectivity index (χ3v) is 3.07.